The number of hydrogen-bond donors (Lipinski definition) is 2. The second kappa shape index (κ2) is 9.17. The van der Waals surface area contributed by atoms with Gasteiger partial charge in [-0.3, -0.25) is 9.11 Å². The first kappa shape index (κ1) is 22.9. The number of amidine groups is 1. The number of nitrogens with one attached hydrogen (secondary N) is 1. The third kappa shape index (κ3) is 4.33. The van der Waals surface area contributed by atoms with Gasteiger partial charge in [-0.1, -0.05) is 44.0 Å². The van der Waals surface area contributed by atoms with Gasteiger partial charge in [0.2, 0.25) is 5.95 Å². The first-order valence-electron chi connectivity index (χ1n) is 12.9. The molecular formula is C26H33N6O2S-. The molecule has 1 unspecified atom stereocenters. The molecule has 8 nitrogen and oxygen atoms in total. The summed E-state index contributed by atoms with van der Waals surface area (Å²) in [4.78, 5) is 14.6. The molecule has 0 amide bonds. The van der Waals surface area contributed by atoms with Gasteiger partial charge in [-0.2, -0.15) is 0 Å². The Labute approximate surface area is 209 Å². The standard InChI is InChI=1S/C26H33N6O2S/c27-24-26(11-12-26)22-16-28-25(30-23(22)32(24)19-5-2-1-3-6-19)29-18-9-13-31(14-10-18)17-35(34)21-8-4-7-20(33)15-21/h4,7-8,15-16,18-19,33H,1-3,5-6,9-14,17H2,(H,28,29,30)/q-1. The van der Waals surface area contributed by atoms with E-state index in [-0.39, 0.29) is 17.2 Å². The third-order valence-electron chi connectivity index (χ3n) is 8.16. The van der Waals surface area contributed by atoms with E-state index >= 15 is 0 Å². The number of rotatable bonds is 6. The van der Waals surface area contributed by atoms with Gasteiger partial charge in [-0.25, -0.2) is 9.97 Å². The molecule has 1 aromatic heterocycles. The maximum atomic E-state index is 12.7. The van der Waals surface area contributed by atoms with Crippen LogP contribution in [-0.4, -0.2) is 61.1 Å². The molecule has 2 aliphatic heterocycles. The van der Waals surface area contributed by atoms with Gasteiger partial charge in [0.15, 0.2) is 0 Å². The summed E-state index contributed by atoms with van der Waals surface area (Å²) in [5, 5.41) is 24.4. The van der Waals surface area contributed by atoms with Gasteiger partial charge in [0.05, 0.1) is 22.5 Å². The van der Waals surface area contributed by atoms with Crippen molar-refractivity contribution in [3.8, 4) is 5.75 Å². The molecule has 1 spiro atoms. The Morgan fingerprint density at radius 2 is 1.91 bits per heavy atom. The lowest BCUT2D eigenvalue weighted by molar-refractivity contribution is 0.251. The number of fused-ring (bicyclic) bond motifs is 2. The molecule has 2 aromatic rings. The Hall–Kier alpha value is -2.52. The van der Waals surface area contributed by atoms with Crippen LogP contribution in [0.3, 0.4) is 0 Å². The van der Waals surface area contributed by atoms with E-state index in [2.05, 4.69) is 20.1 Å². The number of aromatic hydroxyl groups is 1. The summed E-state index contributed by atoms with van der Waals surface area (Å²) in [5.74, 6) is 2.66. The number of hydrogen-bond acceptors (Lipinski definition) is 6. The zero-order chi connectivity index (χ0) is 24.0. The lowest BCUT2D eigenvalue weighted by Crippen LogP contribution is -2.41. The number of anilines is 2. The molecule has 4 aliphatic rings. The van der Waals surface area contributed by atoms with Crippen LogP contribution in [-0.2, 0) is 16.2 Å². The van der Waals surface area contributed by atoms with Crippen LogP contribution in [0.5, 0.6) is 5.75 Å². The number of phenolic OH excluding ortho intramolecular Hbond substituents is 1. The van der Waals surface area contributed by atoms with Gasteiger partial charge >= 0.3 is 0 Å². The van der Waals surface area contributed by atoms with Crippen molar-refractivity contribution in [1.29, 1.82) is 0 Å². The van der Waals surface area contributed by atoms with Crippen molar-refractivity contribution < 1.29 is 9.32 Å². The fourth-order valence-corrected chi connectivity index (χ4v) is 7.19. The molecule has 2 aliphatic carbocycles. The molecule has 1 saturated heterocycles. The number of aromatic nitrogens is 2. The summed E-state index contributed by atoms with van der Waals surface area (Å²) in [6.07, 6.45) is 11.6. The highest BCUT2D eigenvalue weighted by atomic mass is 32.2. The average molecular weight is 494 g/mol. The summed E-state index contributed by atoms with van der Waals surface area (Å²) in [6, 6.07) is 7.29. The molecule has 0 bridgehead atoms. The smallest absolute Gasteiger partial charge is 0.223 e. The Morgan fingerprint density at radius 1 is 1.14 bits per heavy atom. The van der Waals surface area contributed by atoms with Crippen molar-refractivity contribution in [2.24, 2.45) is 0 Å². The topological polar surface area (TPSA) is 104 Å². The normalized spacial score (nSPS) is 23.4. The monoisotopic (exact) mass is 493 g/mol. The number of likely N-dealkylation sites (tertiary alicyclic amines) is 1. The number of piperidine rings is 1. The van der Waals surface area contributed by atoms with Crippen molar-refractivity contribution in [1.82, 2.24) is 14.9 Å². The summed E-state index contributed by atoms with van der Waals surface area (Å²) in [5.41, 5.74) is 0.859. The third-order valence-corrected chi connectivity index (χ3v) is 9.54. The van der Waals surface area contributed by atoms with Crippen LogP contribution < -0.4 is 10.2 Å². The number of phenols is 1. The molecule has 2 N–H and O–H groups in total. The van der Waals surface area contributed by atoms with E-state index in [0.29, 0.717) is 28.6 Å². The van der Waals surface area contributed by atoms with Crippen LogP contribution in [0.15, 0.2) is 35.4 Å². The van der Waals surface area contributed by atoms with E-state index in [1.54, 1.807) is 24.3 Å². The number of benzene rings is 1. The fourth-order valence-electron chi connectivity index (χ4n) is 5.97. The van der Waals surface area contributed by atoms with E-state index < -0.39 is 10.8 Å². The van der Waals surface area contributed by atoms with Crippen LogP contribution in [0.25, 0.3) is 5.41 Å². The predicted octanol–water partition coefficient (Wildman–Crippen LogP) is 3.98. The maximum absolute atomic E-state index is 12.7. The van der Waals surface area contributed by atoms with Gasteiger partial charge in [0.1, 0.15) is 5.75 Å². The average Bonchev–Trinajstić information content (AvgIpc) is 3.64. The molecule has 2 saturated carbocycles. The molecule has 6 rings (SSSR count). The van der Waals surface area contributed by atoms with E-state index in [4.69, 9.17) is 4.98 Å². The van der Waals surface area contributed by atoms with Crippen molar-refractivity contribution in [3.63, 3.8) is 0 Å². The summed E-state index contributed by atoms with van der Waals surface area (Å²) >= 11 is 0. The molecule has 3 fully saturated rings. The van der Waals surface area contributed by atoms with Crippen LogP contribution >= 0.6 is 0 Å². The van der Waals surface area contributed by atoms with Crippen molar-refractivity contribution >= 4 is 28.4 Å². The van der Waals surface area contributed by atoms with Gasteiger partial charge in [-0.15, -0.1) is 0 Å². The maximum Gasteiger partial charge on any atom is 0.223 e. The second-order valence-corrected chi connectivity index (χ2v) is 11.9. The van der Waals surface area contributed by atoms with E-state index in [1.165, 1.54) is 19.3 Å². The Kier molecular flexibility index (Phi) is 6.00. The Morgan fingerprint density at radius 3 is 2.63 bits per heavy atom. The zero-order valence-electron chi connectivity index (χ0n) is 20.0. The minimum absolute atomic E-state index is 0.147. The lowest BCUT2D eigenvalue weighted by Gasteiger charge is -2.40. The SMILES string of the molecule is [N-]=C1N(C2CCCCC2)c2nc(NC3CCN(CS(=O)c4cccc(O)c4)CC3)ncc2C12CC2. The Balaban J connectivity index is 1.10. The van der Waals surface area contributed by atoms with Crippen LogP contribution in [0.4, 0.5) is 11.8 Å². The zero-order valence-corrected chi connectivity index (χ0v) is 20.8. The van der Waals surface area contributed by atoms with Gasteiger partial charge in [-0.05, 0) is 49.9 Å². The summed E-state index contributed by atoms with van der Waals surface area (Å²) < 4.78 is 12.7. The summed E-state index contributed by atoms with van der Waals surface area (Å²) in [6.45, 7) is 1.69. The minimum atomic E-state index is -1.16. The minimum Gasteiger partial charge on any atom is -0.508 e. The van der Waals surface area contributed by atoms with E-state index in [1.807, 2.05) is 6.20 Å². The van der Waals surface area contributed by atoms with Crippen molar-refractivity contribution in [3.05, 3.63) is 41.4 Å². The highest BCUT2D eigenvalue weighted by Gasteiger charge is 2.53. The summed E-state index contributed by atoms with van der Waals surface area (Å²) in [7, 11) is -1.16. The molecule has 1 aromatic carbocycles. The highest BCUT2D eigenvalue weighted by Crippen LogP contribution is 2.58. The first-order chi connectivity index (χ1) is 17.0. The largest absolute Gasteiger partial charge is 0.508 e. The van der Waals surface area contributed by atoms with E-state index in [9.17, 15) is 14.7 Å². The fraction of sp³-hybridized carbons (Fsp3) is 0.577. The first-order valence-corrected chi connectivity index (χ1v) is 14.2. The molecule has 1 atom stereocenters. The van der Waals surface area contributed by atoms with Gasteiger partial charge in [0, 0.05) is 41.2 Å². The van der Waals surface area contributed by atoms with Crippen LogP contribution in [0.2, 0.25) is 0 Å². The molecule has 3 heterocycles. The quantitative estimate of drug-likeness (QED) is 0.627. The van der Waals surface area contributed by atoms with E-state index in [0.717, 1.165) is 63.0 Å². The lowest BCUT2D eigenvalue weighted by atomic mass is 9.94. The van der Waals surface area contributed by atoms with Crippen LogP contribution in [0, 0.1) is 0 Å². The van der Waals surface area contributed by atoms with Gasteiger partial charge in [0.25, 0.3) is 0 Å². The van der Waals surface area contributed by atoms with Crippen molar-refractivity contribution in [2.45, 2.75) is 80.2 Å². The van der Waals surface area contributed by atoms with Crippen molar-refractivity contribution in [2.75, 3.05) is 29.2 Å². The highest BCUT2D eigenvalue weighted by molar-refractivity contribution is 7.85. The second-order valence-electron chi connectivity index (χ2n) is 10.5. The Bertz CT molecular complexity index is 1140. The number of nitrogens with zero attached hydrogens (tertiary/aromatic N) is 5. The molecule has 35 heavy (non-hydrogen) atoms. The predicted molar refractivity (Wildman–Crippen MR) is 138 cm³/mol. The molecule has 186 valence electrons. The molecular weight excluding hydrogens is 460 g/mol. The molecule has 9 heteroatoms. The molecule has 0 radical (unpaired) electrons. The van der Waals surface area contributed by atoms with Gasteiger partial charge < -0.3 is 20.7 Å². The van der Waals surface area contributed by atoms with Crippen LogP contribution in [0.1, 0.15) is 63.4 Å².